The molecular formula is C13H25NO. The minimum Gasteiger partial charge on any atom is -0.393 e. The Balaban J connectivity index is 1.99. The molecule has 2 heteroatoms. The quantitative estimate of drug-likeness (QED) is 0.696. The van der Waals surface area contributed by atoms with Crippen molar-refractivity contribution in [2.75, 3.05) is 6.54 Å². The summed E-state index contributed by atoms with van der Waals surface area (Å²) >= 11 is 0. The number of aliphatic hydroxyl groups is 1. The van der Waals surface area contributed by atoms with Crippen LogP contribution in [0.25, 0.3) is 0 Å². The Morgan fingerprint density at radius 1 is 1.13 bits per heavy atom. The predicted molar refractivity (Wildman–Crippen MR) is 62.7 cm³/mol. The lowest BCUT2D eigenvalue weighted by molar-refractivity contribution is -0.00794. The van der Waals surface area contributed by atoms with Crippen LogP contribution in [-0.2, 0) is 0 Å². The van der Waals surface area contributed by atoms with Crippen LogP contribution < -0.4 is 5.32 Å². The number of piperidine rings is 1. The molecule has 0 bridgehead atoms. The molecule has 2 nitrogen and oxygen atoms in total. The first-order valence-corrected chi connectivity index (χ1v) is 6.60. The molecule has 2 aliphatic rings. The van der Waals surface area contributed by atoms with Gasteiger partial charge in [-0.15, -0.1) is 0 Å². The normalized spacial score (nSPS) is 47.8. The molecule has 0 aromatic heterocycles. The van der Waals surface area contributed by atoms with Gasteiger partial charge in [0.15, 0.2) is 0 Å². The maximum atomic E-state index is 10.2. The second kappa shape index (κ2) is 4.84. The van der Waals surface area contributed by atoms with Gasteiger partial charge in [0.2, 0.25) is 0 Å². The van der Waals surface area contributed by atoms with E-state index in [1.165, 1.54) is 25.7 Å². The lowest BCUT2D eigenvalue weighted by atomic mass is 9.69. The topological polar surface area (TPSA) is 32.3 Å². The van der Waals surface area contributed by atoms with E-state index in [1.54, 1.807) is 0 Å². The highest BCUT2D eigenvalue weighted by atomic mass is 16.3. The second-order valence-electron chi connectivity index (χ2n) is 5.75. The molecule has 15 heavy (non-hydrogen) atoms. The van der Waals surface area contributed by atoms with Crippen LogP contribution in [0.2, 0.25) is 0 Å². The van der Waals surface area contributed by atoms with E-state index in [-0.39, 0.29) is 6.10 Å². The Morgan fingerprint density at radius 3 is 2.53 bits per heavy atom. The summed E-state index contributed by atoms with van der Waals surface area (Å²) in [6.45, 7) is 5.74. The van der Waals surface area contributed by atoms with Crippen molar-refractivity contribution in [1.82, 2.24) is 5.32 Å². The van der Waals surface area contributed by atoms with Crippen LogP contribution in [0.4, 0.5) is 0 Å². The maximum Gasteiger partial charge on any atom is 0.0588 e. The first-order valence-electron chi connectivity index (χ1n) is 6.60. The van der Waals surface area contributed by atoms with Crippen molar-refractivity contribution in [3.8, 4) is 0 Å². The summed E-state index contributed by atoms with van der Waals surface area (Å²) in [7, 11) is 0. The second-order valence-corrected chi connectivity index (χ2v) is 5.75. The number of hydrogen-bond acceptors (Lipinski definition) is 2. The standard InChI is InChI=1S/C13H25NO/c1-9-7-10(2)13(12(15)8-9)11-5-3-4-6-14-11/h9-15H,3-8H2,1-2H3. The van der Waals surface area contributed by atoms with E-state index in [4.69, 9.17) is 0 Å². The fraction of sp³-hybridized carbons (Fsp3) is 1.00. The largest absolute Gasteiger partial charge is 0.393 e. The summed E-state index contributed by atoms with van der Waals surface area (Å²) < 4.78 is 0. The van der Waals surface area contributed by atoms with Crippen LogP contribution in [-0.4, -0.2) is 23.8 Å². The first-order chi connectivity index (χ1) is 7.18. The zero-order chi connectivity index (χ0) is 10.8. The molecule has 2 rings (SSSR count). The van der Waals surface area contributed by atoms with Crippen LogP contribution in [0.3, 0.4) is 0 Å². The van der Waals surface area contributed by atoms with Crippen molar-refractivity contribution < 1.29 is 5.11 Å². The van der Waals surface area contributed by atoms with Gasteiger partial charge in [0, 0.05) is 12.0 Å². The third-order valence-corrected chi connectivity index (χ3v) is 4.33. The third-order valence-electron chi connectivity index (χ3n) is 4.33. The lowest BCUT2D eigenvalue weighted by Gasteiger charge is -2.43. The van der Waals surface area contributed by atoms with Gasteiger partial charge in [0.05, 0.1) is 6.10 Å². The summed E-state index contributed by atoms with van der Waals surface area (Å²) in [4.78, 5) is 0. The molecule has 1 aliphatic carbocycles. The van der Waals surface area contributed by atoms with E-state index < -0.39 is 0 Å². The van der Waals surface area contributed by atoms with E-state index in [0.717, 1.165) is 13.0 Å². The molecule has 88 valence electrons. The van der Waals surface area contributed by atoms with Gasteiger partial charge in [-0.2, -0.15) is 0 Å². The fourth-order valence-corrected chi connectivity index (χ4v) is 3.71. The van der Waals surface area contributed by atoms with E-state index in [2.05, 4.69) is 19.2 Å². The summed E-state index contributed by atoms with van der Waals surface area (Å²) in [5.74, 6) is 1.88. The van der Waals surface area contributed by atoms with Gasteiger partial charge in [-0.05, 0) is 44.1 Å². The Morgan fingerprint density at radius 2 is 1.93 bits per heavy atom. The Labute approximate surface area is 93.5 Å². The SMILES string of the molecule is CC1CC(C)C(C2CCCCN2)C(O)C1. The average Bonchev–Trinajstić information content (AvgIpc) is 2.17. The Bertz CT molecular complexity index is 189. The highest BCUT2D eigenvalue weighted by Gasteiger charge is 2.38. The zero-order valence-corrected chi connectivity index (χ0v) is 10.1. The van der Waals surface area contributed by atoms with Gasteiger partial charge in [-0.1, -0.05) is 20.3 Å². The third kappa shape index (κ3) is 2.54. The highest BCUT2D eigenvalue weighted by Crippen LogP contribution is 2.37. The van der Waals surface area contributed by atoms with Crippen molar-refractivity contribution in [1.29, 1.82) is 0 Å². The molecule has 0 aromatic rings. The van der Waals surface area contributed by atoms with Crippen LogP contribution in [0.15, 0.2) is 0 Å². The van der Waals surface area contributed by atoms with Gasteiger partial charge in [0.1, 0.15) is 0 Å². The average molecular weight is 211 g/mol. The first kappa shape index (κ1) is 11.4. The van der Waals surface area contributed by atoms with Gasteiger partial charge < -0.3 is 10.4 Å². The van der Waals surface area contributed by atoms with Gasteiger partial charge >= 0.3 is 0 Å². The molecule has 0 amide bonds. The molecule has 1 saturated heterocycles. The molecule has 0 aromatic carbocycles. The molecule has 0 spiro atoms. The van der Waals surface area contributed by atoms with Gasteiger partial charge in [-0.3, -0.25) is 0 Å². The Hall–Kier alpha value is -0.0800. The summed E-state index contributed by atoms with van der Waals surface area (Å²) in [5.41, 5.74) is 0. The number of nitrogens with one attached hydrogen (secondary N) is 1. The number of aliphatic hydroxyl groups excluding tert-OH is 1. The molecule has 1 heterocycles. The van der Waals surface area contributed by atoms with Crippen molar-refractivity contribution in [2.45, 2.75) is 58.1 Å². The minimum absolute atomic E-state index is 0.0700. The molecular weight excluding hydrogens is 186 g/mol. The lowest BCUT2D eigenvalue weighted by Crippen LogP contribution is -2.49. The highest BCUT2D eigenvalue weighted by molar-refractivity contribution is 4.91. The molecule has 1 aliphatic heterocycles. The molecule has 1 saturated carbocycles. The molecule has 5 unspecified atom stereocenters. The summed E-state index contributed by atoms with van der Waals surface area (Å²) in [6.07, 6.45) is 6.14. The van der Waals surface area contributed by atoms with Crippen molar-refractivity contribution in [2.24, 2.45) is 17.8 Å². The van der Waals surface area contributed by atoms with E-state index in [1.807, 2.05) is 0 Å². The van der Waals surface area contributed by atoms with Gasteiger partial charge in [-0.25, -0.2) is 0 Å². The van der Waals surface area contributed by atoms with Crippen LogP contribution in [0.5, 0.6) is 0 Å². The zero-order valence-electron chi connectivity index (χ0n) is 10.1. The summed E-state index contributed by atoms with van der Waals surface area (Å²) in [5, 5.41) is 13.8. The van der Waals surface area contributed by atoms with E-state index >= 15 is 0 Å². The van der Waals surface area contributed by atoms with Crippen LogP contribution >= 0.6 is 0 Å². The van der Waals surface area contributed by atoms with E-state index in [0.29, 0.717) is 23.8 Å². The predicted octanol–water partition coefficient (Wildman–Crippen LogP) is 2.17. The van der Waals surface area contributed by atoms with E-state index in [9.17, 15) is 5.11 Å². The number of hydrogen-bond donors (Lipinski definition) is 2. The Kier molecular flexibility index (Phi) is 3.68. The maximum absolute atomic E-state index is 10.2. The van der Waals surface area contributed by atoms with Crippen molar-refractivity contribution in [3.63, 3.8) is 0 Å². The van der Waals surface area contributed by atoms with Crippen molar-refractivity contribution in [3.05, 3.63) is 0 Å². The van der Waals surface area contributed by atoms with Crippen LogP contribution in [0, 0.1) is 17.8 Å². The molecule has 2 N–H and O–H groups in total. The van der Waals surface area contributed by atoms with Gasteiger partial charge in [0.25, 0.3) is 0 Å². The molecule has 5 atom stereocenters. The molecule has 0 radical (unpaired) electrons. The van der Waals surface area contributed by atoms with Crippen LogP contribution in [0.1, 0.15) is 46.0 Å². The summed E-state index contributed by atoms with van der Waals surface area (Å²) in [6, 6.07) is 0.580. The molecule has 2 fully saturated rings. The minimum atomic E-state index is -0.0700. The monoisotopic (exact) mass is 211 g/mol. The smallest absolute Gasteiger partial charge is 0.0588 e. The fourth-order valence-electron chi connectivity index (χ4n) is 3.71. The number of rotatable bonds is 1. The van der Waals surface area contributed by atoms with Crippen molar-refractivity contribution >= 4 is 0 Å².